The number of piperazine rings is 1. The normalized spacial score (nSPS) is 14.7. The number of rotatable bonds is 7. The van der Waals surface area contributed by atoms with E-state index in [2.05, 4.69) is 23.7 Å². The molecule has 0 spiro atoms. The second-order valence-corrected chi connectivity index (χ2v) is 7.95. The van der Waals surface area contributed by atoms with Crippen LogP contribution in [0.3, 0.4) is 0 Å². The number of aromatic nitrogens is 1. The van der Waals surface area contributed by atoms with Crippen molar-refractivity contribution in [2.45, 2.75) is 13.8 Å². The highest BCUT2D eigenvalue weighted by atomic mass is 32.1. The molecular formula is C21H27N3O3S. The third-order valence-corrected chi connectivity index (χ3v) is 5.29. The molecule has 1 fully saturated rings. The number of hydrogen-bond acceptors (Lipinski definition) is 6. The van der Waals surface area contributed by atoms with Crippen LogP contribution in [0.15, 0.2) is 35.9 Å². The van der Waals surface area contributed by atoms with Crippen molar-refractivity contribution in [3.8, 4) is 11.5 Å². The van der Waals surface area contributed by atoms with Crippen molar-refractivity contribution in [3.63, 3.8) is 0 Å². The van der Waals surface area contributed by atoms with Crippen LogP contribution in [0.1, 0.15) is 19.4 Å². The SMILES string of the molecule is COc1cc(/C=C/C(=O)N2CCN(c3nccs3)CC2)ccc1OCC(C)C. The van der Waals surface area contributed by atoms with Crippen LogP contribution in [0.5, 0.6) is 11.5 Å². The van der Waals surface area contributed by atoms with Gasteiger partial charge in [0.2, 0.25) is 5.91 Å². The minimum Gasteiger partial charge on any atom is -0.493 e. The smallest absolute Gasteiger partial charge is 0.246 e. The zero-order valence-corrected chi connectivity index (χ0v) is 17.4. The van der Waals surface area contributed by atoms with Crippen molar-refractivity contribution in [1.29, 1.82) is 0 Å². The maximum atomic E-state index is 12.5. The molecule has 0 radical (unpaired) electrons. The largest absolute Gasteiger partial charge is 0.493 e. The van der Waals surface area contributed by atoms with Crippen molar-refractivity contribution >= 4 is 28.5 Å². The molecule has 2 aromatic rings. The summed E-state index contributed by atoms with van der Waals surface area (Å²) in [5.74, 6) is 1.86. The summed E-state index contributed by atoms with van der Waals surface area (Å²) in [6.45, 7) is 7.86. The van der Waals surface area contributed by atoms with Crippen LogP contribution in [0.2, 0.25) is 0 Å². The van der Waals surface area contributed by atoms with Crippen LogP contribution in [0.4, 0.5) is 5.13 Å². The highest BCUT2D eigenvalue weighted by Gasteiger charge is 2.20. The van der Waals surface area contributed by atoms with E-state index in [-0.39, 0.29) is 5.91 Å². The van der Waals surface area contributed by atoms with Gasteiger partial charge in [-0.05, 0) is 29.7 Å². The van der Waals surface area contributed by atoms with Crippen molar-refractivity contribution in [1.82, 2.24) is 9.88 Å². The Morgan fingerprint density at radius 1 is 1.25 bits per heavy atom. The molecular weight excluding hydrogens is 374 g/mol. The number of amides is 1. The quantitative estimate of drug-likeness (QED) is 0.664. The molecule has 0 saturated carbocycles. The van der Waals surface area contributed by atoms with Gasteiger partial charge < -0.3 is 19.3 Å². The number of nitrogens with zero attached hydrogens (tertiary/aromatic N) is 3. The molecule has 2 heterocycles. The summed E-state index contributed by atoms with van der Waals surface area (Å²) in [5.41, 5.74) is 0.906. The van der Waals surface area contributed by atoms with Crippen LogP contribution >= 0.6 is 11.3 Å². The molecule has 1 aliphatic rings. The van der Waals surface area contributed by atoms with E-state index >= 15 is 0 Å². The molecule has 1 saturated heterocycles. The van der Waals surface area contributed by atoms with Crippen molar-refractivity contribution in [3.05, 3.63) is 41.4 Å². The first-order chi connectivity index (χ1) is 13.6. The number of methoxy groups -OCH3 is 1. The lowest BCUT2D eigenvalue weighted by molar-refractivity contribution is -0.126. The lowest BCUT2D eigenvalue weighted by Crippen LogP contribution is -2.48. The van der Waals surface area contributed by atoms with E-state index in [4.69, 9.17) is 9.47 Å². The fraction of sp³-hybridized carbons (Fsp3) is 0.429. The van der Waals surface area contributed by atoms with Gasteiger partial charge in [-0.2, -0.15) is 0 Å². The maximum absolute atomic E-state index is 12.5. The van der Waals surface area contributed by atoms with Crippen molar-refractivity contribution in [2.75, 3.05) is 44.8 Å². The monoisotopic (exact) mass is 401 g/mol. The zero-order valence-electron chi connectivity index (χ0n) is 16.6. The number of thiazole rings is 1. The van der Waals surface area contributed by atoms with Gasteiger partial charge in [0, 0.05) is 43.8 Å². The molecule has 7 heteroatoms. The summed E-state index contributed by atoms with van der Waals surface area (Å²) in [7, 11) is 1.62. The predicted octanol–water partition coefficient (Wildman–Crippen LogP) is 3.55. The van der Waals surface area contributed by atoms with E-state index < -0.39 is 0 Å². The summed E-state index contributed by atoms with van der Waals surface area (Å²) < 4.78 is 11.2. The Hall–Kier alpha value is -2.54. The number of benzene rings is 1. The van der Waals surface area contributed by atoms with Gasteiger partial charge in [0.25, 0.3) is 0 Å². The van der Waals surface area contributed by atoms with E-state index in [1.807, 2.05) is 40.8 Å². The molecule has 0 atom stereocenters. The van der Waals surface area contributed by atoms with Gasteiger partial charge in [0.15, 0.2) is 16.6 Å². The molecule has 0 N–H and O–H groups in total. The van der Waals surface area contributed by atoms with Crippen LogP contribution < -0.4 is 14.4 Å². The number of carbonyl (C=O) groups is 1. The number of anilines is 1. The van der Waals surface area contributed by atoms with Gasteiger partial charge in [-0.25, -0.2) is 4.98 Å². The number of ether oxygens (including phenoxy) is 2. The van der Waals surface area contributed by atoms with E-state index in [9.17, 15) is 4.79 Å². The average Bonchev–Trinajstić information content (AvgIpc) is 3.25. The third kappa shape index (κ3) is 5.25. The van der Waals surface area contributed by atoms with Crippen molar-refractivity contribution in [2.24, 2.45) is 5.92 Å². The lowest BCUT2D eigenvalue weighted by atomic mass is 10.1. The second kappa shape index (κ2) is 9.59. The van der Waals surface area contributed by atoms with E-state index in [1.165, 1.54) is 0 Å². The summed E-state index contributed by atoms with van der Waals surface area (Å²) in [5, 5.41) is 3.00. The van der Waals surface area contributed by atoms with Crippen LogP contribution in [-0.4, -0.2) is 55.7 Å². The predicted molar refractivity (Wildman–Crippen MR) is 113 cm³/mol. The zero-order chi connectivity index (χ0) is 19.9. The molecule has 3 rings (SSSR count). The molecule has 0 bridgehead atoms. The molecule has 1 amide bonds. The topological polar surface area (TPSA) is 54.9 Å². The number of hydrogen-bond donors (Lipinski definition) is 0. The first kappa shape index (κ1) is 20.2. The fourth-order valence-corrected chi connectivity index (χ4v) is 3.62. The minimum atomic E-state index is 0.0258. The highest BCUT2D eigenvalue weighted by molar-refractivity contribution is 7.13. The van der Waals surface area contributed by atoms with Crippen LogP contribution in [0.25, 0.3) is 6.08 Å². The summed E-state index contributed by atoms with van der Waals surface area (Å²) >= 11 is 1.63. The Balaban J connectivity index is 1.56. The van der Waals surface area contributed by atoms with Crippen LogP contribution in [-0.2, 0) is 4.79 Å². The summed E-state index contributed by atoms with van der Waals surface area (Å²) in [6, 6.07) is 5.71. The van der Waals surface area contributed by atoms with E-state index in [1.54, 1.807) is 24.5 Å². The first-order valence-electron chi connectivity index (χ1n) is 9.49. The van der Waals surface area contributed by atoms with Gasteiger partial charge in [-0.15, -0.1) is 11.3 Å². The molecule has 6 nitrogen and oxygen atoms in total. The Bertz CT molecular complexity index is 797. The first-order valence-corrected chi connectivity index (χ1v) is 10.4. The Morgan fingerprint density at radius 2 is 2.04 bits per heavy atom. The highest BCUT2D eigenvalue weighted by Crippen LogP contribution is 2.29. The minimum absolute atomic E-state index is 0.0258. The summed E-state index contributed by atoms with van der Waals surface area (Å²) in [6.07, 6.45) is 5.26. The van der Waals surface area contributed by atoms with Gasteiger partial charge in [-0.3, -0.25) is 4.79 Å². The molecule has 0 unspecified atom stereocenters. The van der Waals surface area contributed by atoms with Crippen LogP contribution in [0, 0.1) is 5.92 Å². The standard InChI is InChI=1S/C21H27N3O3S/c1-16(2)15-27-18-6-4-17(14-19(18)26-3)5-7-20(25)23-9-11-24(12-10-23)21-22-8-13-28-21/h4-8,13-14,16H,9-12,15H2,1-3H3/b7-5+. The number of carbonyl (C=O) groups excluding carboxylic acids is 1. The second-order valence-electron chi connectivity index (χ2n) is 7.08. The van der Waals surface area contributed by atoms with Gasteiger partial charge in [-0.1, -0.05) is 19.9 Å². The Labute approximate surface area is 170 Å². The summed E-state index contributed by atoms with van der Waals surface area (Å²) in [4.78, 5) is 20.9. The van der Waals surface area contributed by atoms with Crippen molar-refractivity contribution < 1.29 is 14.3 Å². The fourth-order valence-electron chi connectivity index (χ4n) is 2.93. The molecule has 1 aromatic heterocycles. The third-order valence-electron chi connectivity index (χ3n) is 4.46. The molecule has 150 valence electrons. The average molecular weight is 402 g/mol. The van der Waals surface area contributed by atoms with E-state index in [0.29, 0.717) is 31.4 Å². The van der Waals surface area contributed by atoms with E-state index in [0.717, 1.165) is 29.5 Å². The van der Waals surface area contributed by atoms with Gasteiger partial charge in [0.05, 0.1) is 13.7 Å². The Kier molecular flexibility index (Phi) is 6.92. The van der Waals surface area contributed by atoms with Gasteiger partial charge >= 0.3 is 0 Å². The maximum Gasteiger partial charge on any atom is 0.246 e. The van der Waals surface area contributed by atoms with Gasteiger partial charge in [0.1, 0.15) is 0 Å². The molecule has 1 aliphatic heterocycles. The lowest BCUT2D eigenvalue weighted by Gasteiger charge is -2.34. The molecule has 0 aliphatic carbocycles. The Morgan fingerprint density at radius 3 is 2.68 bits per heavy atom. The molecule has 28 heavy (non-hydrogen) atoms. The molecule has 1 aromatic carbocycles.